The highest BCUT2D eigenvalue weighted by atomic mass is 35.5. The van der Waals surface area contributed by atoms with Gasteiger partial charge in [0.15, 0.2) is 6.61 Å². The van der Waals surface area contributed by atoms with Gasteiger partial charge >= 0.3 is 12.1 Å². The van der Waals surface area contributed by atoms with Crippen molar-refractivity contribution in [1.82, 2.24) is 0 Å². The number of alkyl halides is 3. The molecule has 0 aliphatic carbocycles. The Morgan fingerprint density at radius 2 is 1.94 bits per heavy atom. The maximum atomic E-state index is 13.8. The average molecular weight is 483 g/mol. The first-order valence-electron chi connectivity index (χ1n) is 9.99. The van der Waals surface area contributed by atoms with Gasteiger partial charge < -0.3 is 14.8 Å². The number of para-hydroxylation sites is 2. The van der Waals surface area contributed by atoms with E-state index in [0.717, 1.165) is 0 Å². The van der Waals surface area contributed by atoms with Crippen molar-refractivity contribution in [2.75, 3.05) is 23.4 Å². The second-order valence-corrected chi connectivity index (χ2v) is 8.10. The molecule has 2 heterocycles. The van der Waals surface area contributed by atoms with Crippen LogP contribution in [0.3, 0.4) is 0 Å². The molecule has 0 saturated heterocycles. The molecule has 2 aromatic carbocycles. The summed E-state index contributed by atoms with van der Waals surface area (Å²) in [6, 6.07) is 8.20. The number of halogens is 4. The molecule has 0 fully saturated rings. The Hall–Kier alpha value is -3.27. The molecule has 2 aromatic rings. The van der Waals surface area contributed by atoms with Gasteiger partial charge in [-0.15, -0.1) is 0 Å². The van der Waals surface area contributed by atoms with Crippen LogP contribution < -0.4 is 15.0 Å². The monoisotopic (exact) mass is 482 g/mol. The summed E-state index contributed by atoms with van der Waals surface area (Å²) in [7, 11) is 0. The normalized spacial score (nSPS) is 20.0. The second kappa shape index (κ2) is 8.93. The lowest BCUT2D eigenvalue weighted by Crippen LogP contribution is -2.51. The fourth-order valence-corrected chi connectivity index (χ4v) is 4.03. The van der Waals surface area contributed by atoms with Crippen molar-refractivity contribution in [2.45, 2.75) is 25.1 Å². The van der Waals surface area contributed by atoms with Gasteiger partial charge in [0.1, 0.15) is 18.4 Å². The molecule has 0 spiro atoms. The third kappa shape index (κ3) is 4.90. The van der Waals surface area contributed by atoms with Crippen molar-refractivity contribution in [1.29, 1.82) is 0 Å². The van der Waals surface area contributed by atoms with Crippen molar-refractivity contribution >= 4 is 40.8 Å². The van der Waals surface area contributed by atoms with Crippen LogP contribution in [0.1, 0.15) is 12.0 Å². The predicted octanol–water partition coefficient (Wildman–Crippen LogP) is 3.74. The summed E-state index contributed by atoms with van der Waals surface area (Å²) in [5.74, 6) is -2.94. The van der Waals surface area contributed by atoms with Crippen molar-refractivity contribution in [3.63, 3.8) is 0 Å². The summed E-state index contributed by atoms with van der Waals surface area (Å²) in [5, 5.41) is 2.83. The molecule has 1 N–H and O–H groups in total. The van der Waals surface area contributed by atoms with E-state index in [1.54, 1.807) is 18.2 Å². The van der Waals surface area contributed by atoms with Gasteiger partial charge in [-0.2, -0.15) is 13.2 Å². The van der Waals surface area contributed by atoms with Crippen LogP contribution in [0, 0.1) is 5.92 Å². The minimum Gasteiger partial charge on any atom is -0.492 e. The standard InChI is InChI=1S/C22H18ClF3N2O5/c23-14-5-6-17-12(8-14)7-13(10-32-17)21(31)33-11-20(30)28-16-4-2-1-3-15(16)27-19(29)9-18(28)22(24,25)26/h1-6,8,13,18H,7,9-11H2,(H,27,29). The molecule has 7 nitrogen and oxygen atoms in total. The van der Waals surface area contributed by atoms with Crippen LogP contribution in [0.5, 0.6) is 5.75 Å². The number of amides is 2. The molecular weight excluding hydrogens is 465 g/mol. The lowest BCUT2D eigenvalue weighted by atomic mass is 9.97. The Bertz CT molecular complexity index is 1110. The number of rotatable bonds is 3. The number of hydrogen-bond donors (Lipinski definition) is 1. The molecule has 0 saturated carbocycles. The highest BCUT2D eigenvalue weighted by molar-refractivity contribution is 6.30. The highest BCUT2D eigenvalue weighted by Crippen LogP contribution is 2.38. The second-order valence-electron chi connectivity index (χ2n) is 7.66. The Labute approximate surface area is 191 Å². The van der Waals surface area contributed by atoms with Crippen molar-refractivity contribution in [2.24, 2.45) is 5.92 Å². The van der Waals surface area contributed by atoms with Gasteiger partial charge in [-0.25, -0.2) is 0 Å². The van der Waals surface area contributed by atoms with E-state index in [1.165, 1.54) is 24.3 Å². The van der Waals surface area contributed by atoms with E-state index in [1.807, 2.05) is 0 Å². The first-order chi connectivity index (χ1) is 15.6. The maximum absolute atomic E-state index is 13.8. The number of nitrogens with one attached hydrogen (secondary N) is 1. The molecule has 2 unspecified atom stereocenters. The van der Waals surface area contributed by atoms with Crippen LogP contribution >= 0.6 is 11.6 Å². The Kier molecular flexibility index (Phi) is 6.20. The highest BCUT2D eigenvalue weighted by Gasteiger charge is 2.49. The van der Waals surface area contributed by atoms with Crippen molar-refractivity contribution in [3.05, 3.63) is 53.1 Å². The van der Waals surface area contributed by atoms with Gasteiger partial charge in [0.2, 0.25) is 5.91 Å². The number of carbonyl (C=O) groups excluding carboxylic acids is 3. The number of fused-ring (bicyclic) bond motifs is 2. The fourth-order valence-electron chi connectivity index (χ4n) is 3.83. The molecule has 0 radical (unpaired) electrons. The lowest BCUT2D eigenvalue weighted by Gasteiger charge is -2.31. The number of carbonyl (C=O) groups is 3. The van der Waals surface area contributed by atoms with E-state index < -0.39 is 48.9 Å². The minimum atomic E-state index is -4.88. The van der Waals surface area contributed by atoms with Crippen LogP contribution in [0.15, 0.2) is 42.5 Å². The number of hydrogen-bond acceptors (Lipinski definition) is 5. The Balaban J connectivity index is 1.50. The summed E-state index contributed by atoms with van der Waals surface area (Å²) in [4.78, 5) is 37.9. The van der Waals surface area contributed by atoms with Gasteiger partial charge in [-0.05, 0) is 42.3 Å². The van der Waals surface area contributed by atoms with Crippen LogP contribution in [-0.2, 0) is 25.5 Å². The molecular formula is C22H18ClF3N2O5. The molecule has 0 aromatic heterocycles. The molecule has 2 aliphatic heterocycles. The Morgan fingerprint density at radius 3 is 2.70 bits per heavy atom. The molecule has 33 heavy (non-hydrogen) atoms. The minimum absolute atomic E-state index is 0.00218. The summed E-state index contributed by atoms with van der Waals surface area (Å²) in [6.07, 6.45) is -5.61. The average Bonchev–Trinajstić information content (AvgIpc) is 2.92. The summed E-state index contributed by atoms with van der Waals surface area (Å²) < 4.78 is 51.9. The number of esters is 1. The quantitative estimate of drug-likeness (QED) is 0.674. The SMILES string of the molecule is O=C1CC(C(F)(F)F)N(C(=O)COC(=O)C2COc3ccc(Cl)cc3C2)c2ccccc2N1. The molecule has 174 valence electrons. The molecule has 4 rings (SSSR count). The molecule has 11 heteroatoms. The van der Waals surface area contributed by atoms with Crippen LogP contribution in [0.4, 0.5) is 24.5 Å². The van der Waals surface area contributed by atoms with Gasteiger partial charge in [0, 0.05) is 5.02 Å². The van der Waals surface area contributed by atoms with E-state index in [0.29, 0.717) is 21.2 Å². The predicted molar refractivity (Wildman–Crippen MR) is 112 cm³/mol. The number of benzene rings is 2. The van der Waals surface area contributed by atoms with Gasteiger partial charge in [-0.1, -0.05) is 23.7 Å². The van der Waals surface area contributed by atoms with Gasteiger partial charge in [0.05, 0.1) is 23.7 Å². The topological polar surface area (TPSA) is 84.9 Å². The zero-order valence-corrected chi connectivity index (χ0v) is 17.8. The van der Waals surface area contributed by atoms with Crippen LogP contribution in [0.25, 0.3) is 0 Å². The molecule has 2 aliphatic rings. The number of nitrogens with zero attached hydrogens (tertiary/aromatic N) is 1. The van der Waals surface area contributed by atoms with E-state index in [-0.39, 0.29) is 24.4 Å². The van der Waals surface area contributed by atoms with E-state index >= 15 is 0 Å². The van der Waals surface area contributed by atoms with E-state index in [4.69, 9.17) is 21.1 Å². The maximum Gasteiger partial charge on any atom is 0.409 e. The summed E-state index contributed by atoms with van der Waals surface area (Å²) in [5.41, 5.74) is 0.615. The number of ether oxygens (including phenoxy) is 2. The zero-order valence-electron chi connectivity index (χ0n) is 17.0. The first kappa shape index (κ1) is 22.9. The summed E-state index contributed by atoms with van der Waals surface area (Å²) in [6.45, 7) is -0.926. The summed E-state index contributed by atoms with van der Waals surface area (Å²) >= 11 is 5.97. The van der Waals surface area contributed by atoms with Crippen LogP contribution in [0.2, 0.25) is 5.02 Å². The number of anilines is 2. The van der Waals surface area contributed by atoms with E-state index in [9.17, 15) is 27.6 Å². The third-order valence-electron chi connectivity index (χ3n) is 5.37. The Morgan fingerprint density at radius 1 is 1.18 bits per heavy atom. The first-order valence-corrected chi connectivity index (χ1v) is 10.4. The van der Waals surface area contributed by atoms with Crippen LogP contribution in [-0.4, -0.2) is 43.2 Å². The molecule has 2 amide bonds. The van der Waals surface area contributed by atoms with Gasteiger partial charge in [-0.3, -0.25) is 19.3 Å². The smallest absolute Gasteiger partial charge is 0.409 e. The fraction of sp³-hybridized carbons (Fsp3) is 0.318. The lowest BCUT2D eigenvalue weighted by molar-refractivity contribution is -0.161. The largest absolute Gasteiger partial charge is 0.492 e. The molecule has 0 bridgehead atoms. The van der Waals surface area contributed by atoms with Crippen molar-refractivity contribution < 1.29 is 37.0 Å². The molecule has 2 atom stereocenters. The zero-order chi connectivity index (χ0) is 23.8. The van der Waals surface area contributed by atoms with Crippen molar-refractivity contribution in [3.8, 4) is 5.75 Å². The third-order valence-corrected chi connectivity index (χ3v) is 5.61. The van der Waals surface area contributed by atoms with E-state index in [2.05, 4.69) is 5.32 Å². The van der Waals surface area contributed by atoms with Gasteiger partial charge in [0.25, 0.3) is 5.91 Å².